The van der Waals surface area contributed by atoms with E-state index >= 15 is 0 Å². The molecule has 0 saturated heterocycles. The van der Waals surface area contributed by atoms with Crippen molar-refractivity contribution in [2.24, 2.45) is 0 Å². The highest BCUT2D eigenvalue weighted by Crippen LogP contribution is 2.15. The molecule has 35 heavy (non-hydrogen) atoms. The molecule has 3 aromatic carbocycles. The maximum absolute atomic E-state index is 8.12. The van der Waals surface area contributed by atoms with Crippen molar-refractivity contribution in [3.05, 3.63) is 107 Å². The van der Waals surface area contributed by atoms with E-state index in [-0.39, 0.29) is 6.15 Å². The Kier molecular flexibility index (Phi) is 13.3. The number of hydrogen-bond acceptors (Lipinski definition) is 4. The van der Waals surface area contributed by atoms with E-state index < -0.39 is 0 Å². The molecule has 0 aliphatic heterocycles. The van der Waals surface area contributed by atoms with Crippen molar-refractivity contribution in [1.82, 2.24) is 9.80 Å². The van der Waals surface area contributed by atoms with Crippen LogP contribution in [-0.2, 0) is 29.2 Å². The minimum absolute atomic E-state index is 0.250. The first kappa shape index (κ1) is 28.2. The van der Waals surface area contributed by atoms with Crippen LogP contribution in [0.3, 0.4) is 0 Å². The summed E-state index contributed by atoms with van der Waals surface area (Å²) in [6, 6.07) is 28.6. The maximum Gasteiger partial charge on any atom is 0.373 e. The second-order valence-corrected chi connectivity index (χ2v) is 9.41. The summed E-state index contributed by atoms with van der Waals surface area (Å²) in [4.78, 5) is 21.3. The van der Waals surface area contributed by atoms with Crippen LogP contribution >= 0.6 is 0 Å². The van der Waals surface area contributed by atoms with Crippen molar-refractivity contribution in [3.63, 3.8) is 0 Å². The summed E-state index contributed by atoms with van der Waals surface area (Å²) < 4.78 is 0. The molecule has 0 fully saturated rings. The largest absolute Gasteiger partial charge is 0.373 e. The van der Waals surface area contributed by atoms with Gasteiger partial charge in [0.05, 0.1) is 0 Å². The van der Waals surface area contributed by atoms with Gasteiger partial charge in [-0.3, -0.25) is 4.90 Å². The Labute approximate surface area is 211 Å². The molecule has 0 saturated carbocycles. The molecule has 0 radical (unpaired) electrons. The molecular formula is C31H40N2O2. The third-order valence-corrected chi connectivity index (χ3v) is 6.00. The van der Waals surface area contributed by atoms with Crippen molar-refractivity contribution >= 4 is 6.15 Å². The molecule has 4 nitrogen and oxygen atoms in total. The summed E-state index contributed by atoms with van der Waals surface area (Å²) >= 11 is 0. The lowest BCUT2D eigenvalue weighted by atomic mass is 10.1. The predicted molar refractivity (Wildman–Crippen MR) is 143 cm³/mol. The standard InChI is InChI=1S/C30H40N2.CO2/c1-26-20-27(2)22-30(21-26)25-32(24-29-16-10-7-11-17-29)19-13-5-4-12-18-31(3)23-28-14-8-6-9-15-28;2-1-3/h6-11,14-17,20-22H,4-5,12-13,18-19,23-25H2,1-3H3;. The average Bonchev–Trinajstić information content (AvgIpc) is 2.82. The van der Waals surface area contributed by atoms with Crippen LogP contribution in [0.5, 0.6) is 0 Å². The summed E-state index contributed by atoms with van der Waals surface area (Å²) in [6.45, 7) is 9.82. The van der Waals surface area contributed by atoms with E-state index in [4.69, 9.17) is 9.59 Å². The molecule has 186 valence electrons. The van der Waals surface area contributed by atoms with E-state index in [0.717, 1.165) is 26.2 Å². The molecule has 0 spiro atoms. The van der Waals surface area contributed by atoms with Crippen LogP contribution in [0.25, 0.3) is 0 Å². The van der Waals surface area contributed by atoms with E-state index in [1.165, 1.54) is 60.0 Å². The molecule has 0 atom stereocenters. The van der Waals surface area contributed by atoms with Gasteiger partial charge in [0.1, 0.15) is 0 Å². The molecule has 0 unspecified atom stereocenters. The second kappa shape index (κ2) is 16.6. The number of hydrogen-bond donors (Lipinski definition) is 0. The first-order chi connectivity index (χ1) is 17.0. The third kappa shape index (κ3) is 12.3. The quantitative estimate of drug-likeness (QED) is 0.269. The number of carbonyl (C=O) groups excluding carboxylic acids is 2. The average molecular weight is 473 g/mol. The van der Waals surface area contributed by atoms with Crippen LogP contribution in [0.15, 0.2) is 78.9 Å². The van der Waals surface area contributed by atoms with E-state index in [1.54, 1.807) is 0 Å². The molecule has 0 aliphatic carbocycles. The number of rotatable bonds is 13. The lowest BCUT2D eigenvalue weighted by Crippen LogP contribution is -2.24. The van der Waals surface area contributed by atoms with Gasteiger partial charge < -0.3 is 4.90 Å². The molecular weight excluding hydrogens is 432 g/mol. The summed E-state index contributed by atoms with van der Waals surface area (Å²) in [6.07, 6.45) is 5.40. The number of benzene rings is 3. The van der Waals surface area contributed by atoms with Gasteiger partial charge in [-0.1, -0.05) is 103 Å². The Hall–Kier alpha value is -3.04. The van der Waals surface area contributed by atoms with Gasteiger partial charge in [-0.05, 0) is 63.5 Å². The molecule has 3 aromatic rings. The zero-order valence-electron chi connectivity index (χ0n) is 21.6. The van der Waals surface area contributed by atoms with Crippen molar-refractivity contribution in [2.45, 2.75) is 59.2 Å². The third-order valence-electron chi connectivity index (χ3n) is 6.00. The molecule has 3 rings (SSSR count). The Bertz CT molecular complexity index is 979. The SMILES string of the molecule is Cc1cc(C)cc(CN(CCCCCCN(C)Cc2ccccc2)Cc2ccccc2)c1.O=C=O. The first-order valence-corrected chi connectivity index (χ1v) is 12.6. The Morgan fingerprint density at radius 2 is 1.06 bits per heavy atom. The highest BCUT2D eigenvalue weighted by Gasteiger charge is 2.08. The molecule has 4 heteroatoms. The van der Waals surface area contributed by atoms with Gasteiger partial charge in [0.15, 0.2) is 0 Å². The van der Waals surface area contributed by atoms with Crippen molar-refractivity contribution in [2.75, 3.05) is 20.1 Å². The fourth-order valence-electron chi connectivity index (χ4n) is 4.52. The van der Waals surface area contributed by atoms with Crippen LogP contribution in [0.2, 0.25) is 0 Å². The molecule has 0 bridgehead atoms. The summed E-state index contributed by atoms with van der Waals surface area (Å²) in [5, 5.41) is 0. The lowest BCUT2D eigenvalue weighted by molar-refractivity contribution is -0.191. The van der Waals surface area contributed by atoms with E-state index in [9.17, 15) is 0 Å². The molecule has 0 aromatic heterocycles. The summed E-state index contributed by atoms with van der Waals surface area (Å²) in [5.74, 6) is 0. The Balaban J connectivity index is 0.00000137. The van der Waals surface area contributed by atoms with Crippen molar-refractivity contribution < 1.29 is 9.59 Å². The van der Waals surface area contributed by atoms with Crippen LogP contribution in [0.1, 0.15) is 53.5 Å². The lowest BCUT2D eigenvalue weighted by Gasteiger charge is -2.23. The topological polar surface area (TPSA) is 40.6 Å². The van der Waals surface area contributed by atoms with Gasteiger partial charge in [-0.2, -0.15) is 9.59 Å². The number of unbranched alkanes of at least 4 members (excludes halogenated alkanes) is 3. The van der Waals surface area contributed by atoms with Crippen LogP contribution < -0.4 is 0 Å². The monoisotopic (exact) mass is 472 g/mol. The van der Waals surface area contributed by atoms with Gasteiger partial charge in [0, 0.05) is 19.6 Å². The molecule has 0 amide bonds. The highest BCUT2D eigenvalue weighted by molar-refractivity contribution is 5.28. The van der Waals surface area contributed by atoms with Gasteiger partial charge in [-0.25, -0.2) is 0 Å². The van der Waals surface area contributed by atoms with Gasteiger partial charge in [0.2, 0.25) is 0 Å². The number of nitrogens with zero attached hydrogens (tertiary/aromatic N) is 2. The zero-order chi connectivity index (χ0) is 25.3. The van der Waals surface area contributed by atoms with Gasteiger partial charge in [0.25, 0.3) is 0 Å². The molecule has 0 N–H and O–H groups in total. The number of aryl methyl sites for hydroxylation is 2. The Morgan fingerprint density at radius 1 is 0.600 bits per heavy atom. The predicted octanol–water partition coefficient (Wildman–Crippen LogP) is 6.41. The minimum atomic E-state index is 0.250. The summed E-state index contributed by atoms with van der Waals surface area (Å²) in [7, 11) is 2.23. The zero-order valence-corrected chi connectivity index (χ0v) is 21.6. The highest BCUT2D eigenvalue weighted by atomic mass is 16.2. The minimum Gasteiger partial charge on any atom is -0.302 e. The van der Waals surface area contributed by atoms with Crippen LogP contribution in [0.4, 0.5) is 0 Å². The fourth-order valence-corrected chi connectivity index (χ4v) is 4.52. The first-order valence-electron chi connectivity index (χ1n) is 12.6. The van der Waals surface area contributed by atoms with E-state index in [1.807, 2.05) is 0 Å². The van der Waals surface area contributed by atoms with E-state index in [2.05, 4.69) is 110 Å². The molecule has 0 aliphatic rings. The smallest absolute Gasteiger partial charge is 0.302 e. The second-order valence-electron chi connectivity index (χ2n) is 9.41. The van der Waals surface area contributed by atoms with Crippen LogP contribution in [0, 0.1) is 13.8 Å². The molecule has 0 heterocycles. The maximum atomic E-state index is 8.12. The van der Waals surface area contributed by atoms with Gasteiger partial charge in [-0.15, -0.1) is 0 Å². The Morgan fingerprint density at radius 3 is 1.60 bits per heavy atom. The fraction of sp³-hybridized carbons (Fsp3) is 0.387. The normalized spacial score (nSPS) is 10.7. The van der Waals surface area contributed by atoms with Crippen molar-refractivity contribution in [3.8, 4) is 0 Å². The van der Waals surface area contributed by atoms with E-state index in [0.29, 0.717) is 0 Å². The van der Waals surface area contributed by atoms with Crippen LogP contribution in [-0.4, -0.2) is 36.1 Å². The van der Waals surface area contributed by atoms with Crippen molar-refractivity contribution in [1.29, 1.82) is 0 Å². The van der Waals surface area contributed by atoms with Gasteiger partial charge >= 0.3 is 6.15 Å². The summed E-state index contributed by atoms with van der Waals surface area (Å²) in [5.41, 5.74) is 6.96.